The summed E-state index contributed by atoms with van der Waals surface area (Å²) in [7, 11) is 0. The van der Waals surface area contributed by atoms with E-state index in [0.29, 0.717) is 31.3 Å². The Labute approximate surface area is 104 Å². The quantitative estimate of drug-likeness (QED) is 0.725. The van der Waals surface area contributed by atoms with Gasteiger partial charge in [-0.15, -0.1) is 23.2 Å². The van der Waals surface area contributed by atoms with Crippen LogP contribution in [0.5, 0.6) is 0 Å². The van der Waals surface area contributed by atoms with Gasteiger partial charge in [0.25, 0.3) is 0 Å². The molecule has 0 radical (unpaired) electrons. The molecule has 5 heteroatoms. The van der Waals surface area contributed by atoms with Crippen molar-refractivity contribution in [2.75, 3.05) is 24.8 Å². The molecular weight excluding hydrogens is 253 g/mol. The maximum Gasteiger partial charge on any atom is 0.227 e. The van der Waals surface area contributed by atoms with E-state index in [1.54, 1.807) is 16.2 Å². The van der Waals surface area contributed by atoms with Gasteiger partial charge in [-0.1, -0.05) is 0 Å². The van der Waals surface area contributed by atoms with Gasteiger partial charge < -0.3 is 4.90 Å². The molecule has 0 N–H and O–H groups in total. The molecule has 0 fully saturated rings. The zero-order valence-electron chi connectivity index (χ0n) is 8.29. The van der Waals surface area contributed by atoms with Crippen LogP contribution < -0.4 is 0 Å². The topological polar surface area (TPSA) is 20.3 Å². The number of carbonyl (C=O) groups excluding carboxylic acids is 1. The van der Waals surface area contributed by atoms with Crippen molar-refractivity contribution >= 4 is 40.4 Å². The first-order valence-electron chi connectivity index (χ1n) is 4.68. The van der Waals surface area contributed by atoms with Crippen molar-refractivity contribution in [1.29, 1.82) is 0 Å². The normalized spacial score (nSPS) is 10.3. The van der Waals surface area contributed by atoms with Crippen LogP contribution in [0.2, 0.25) is 0 Å². The van der Waals surface area contributed by atoms with Crippen molar-refractivity contribution in [2.45, 2.75) is 6.42 Å². The number of nitrogens with zero attached hydrogens (tertiary/aromatic N) is 1. The minimum Gasteiger partial charge on any atom is -0.340 e. The predicted molar refractivity (Wildman–Crippen MR) is 66.0 cm³/mol. The summed E-state index contributed by atoms with van der Waals surface area (Å²) in [6.45, 7) is 1.13. The van der Waals surface area contributed by atoms with Gasteiger partial charge in [-0.25, -0.2) is 0 Å². The zero-order valence-corrected chi connectivity index (χ0v) is 10.6. The Hall–Kier alpha value is -0.250. The monoisotopic (exact) mass is 265 g/mol. The summed E-state index contributed by atoms with van der Waals surface area (Å²) in [4.78, 5) is 13.5. The minimum atomic E-state index is 0.0923. The summed E-state index contributed by atoms with van der Waals surface area (Å²) in [5.74, 6) is 0.994. The third-order valence-corrected chi connectivity index (χ3v) is 3.07. The van der Waals surface area contributed by atoms with E-state index < -0.39 is 0 Å². The van der Waals surface area contributed by atoms with Crippen LogP contribution in [-0.4, -0.2) is 35.7 Å². The summed E-state index contributed by atoms with van der Waals surface area (Å²) in [6.07, 6.45) is 0.442. The molecule has 0 saturated carbocycles. The maximum atomic E-state index is 11.8. The molecule has 2 nitrogen and oxygen atoms in total. The van der Waals surface area contributed by atoms with Gasteiger partial charge in [0.15, 0.2) is 0 Å². The molecule has 1 aromatic heterocycles. The number of hydrogen-bond acceptors (Lipinski definition) is 2. The van der Waals surface area contributed by atoms with E-state index in [9.17, 15) is 4.79 Å². The molecule has 0 aliphatic carbocycles. The van der Waals surface area contributed by atoms with Crippen molar-refractivity contribution in [3.8, 4) is 0 Å². The highest BCUT2D eigenvalue weighted by Crippen LogP contribution is 2.08. The average molecular weight is 266 g/mol. The maximum absolute atomic E-state index is 11.8. The second-order valence-electron chi connectivity index (χ2n) is 3.07. The highest BCUT2D eigenvalue weighted by molar-refractivity contribution is 7.07. The van der Waals surface area contributed by atoms with E-state index in [0.717, 1.165) is 5.56 Å². The molecule has 0 saturated heterocycles. The zero-order chi connectivity index (χ0) is 11.1. The van der Waals surface area contributed by atoms with Crippen LogP contribution in [0.1, 0.15) is 5.56 Å². The lowest BCUT2D eigenvalue weighted by atomic mass is 10.2. The summed E-state index contributed by atoms with van der Waals surface area (Å²) in [6, 6.07) is 1.96. The highest BCUT2D eigenvalue weighted by Gasteiger charge is 2.12. The molecule has 1 aromatic rings. The molecule has 0 aliphatic heterocycles. The molecule has 84 valence electrons. The lowest BCUT2D eigenvalue weighted by Gasteiger charge is -2.20. The van der Waals surface area contributed by atoms with Gasteiger partial charge in [-0.05, 0) is 22.4 Å². The fraction of sp³-hybridized carbons (Fsp3) is 0.500. The lowest BCUT2D eigenvalue weighted by Crippen LogP contribution is -2.35. The number of rotatable bonds is 6. The Balaban J connectivity index is 2.48. The van der Waals surface area contributed by atoms with Gasteiger partial charge >= 0.3 is 0 Å². The Morgan fingerprint density at radius 1 is 1.33 bits per heavy atom. The van der Waals surface area contributed by atoms with E-state index in [1.165, 1.54) is 0 Å². The lowest BCUT2D eigenvalue weighted by molar-refractivity contribution is -0.130. The van der Waals surface area contributed by atoms with Crippen LogP contribution in [0.3, 0.4) is 0 Å². The van der Waals surface area contributed by atoms with Gasteiger partial charge in [0.1, 0.15) is 0 Å². The van der Waals surface area contributed by atoms with Crippen LogP contribution in [0, 0.1) is 0 Å². The molecule has 1 heterocycles. The summed E-state index contributed by atoms with van der Waals surface area (Å²) >= 11 is 12.8. The van der Waals surface area contributed by atoms with Crippen LogP contribution in [0.15, 0.2) is 16.8 Å². The van der Waals surface area contributed by atoms with Gasteiger partial charge in [-0.2, -0.15) is 11.3 Å². The first-order chi connectivity index (χ1) is 7.27. The molecular formula is C10H13Cl2NOS. The van der Waals surface area contributed by atoms with E-state index in [4.69, 9.17) is 23.2 Å². The summed E-state index contributed by atoms with van der Waals surface area (Å²) < 4.78 is 0. The molecule has 0 spiro atoms. The SMILES string of the molecule is O=C(Cc1ccsc1)N(CCCl)CCCl. The van der Waals surface area contributed by atoms with E-state index >= 15 is 0 Å². The van der Waals surface area contributed by atoms with E-state index in [-0.39, 0.29) is 5.91 Å². The molecule has 1 amide bonds. The fourth-order valence-electron chi connectivity index (χ4n) is 1.24. The first-order valence-corrected chi connectivity index (χ1v) is 6.70. The predicted octanol–water partition coefficient (Wildman–Crippen LogP) is 2.60. The largest absolute Gasteiger partial charge is 0.340 e. The Morgan fingerprint density at radius 2 is 2.00 bits per heavy atom. The number of halogens is 2. The van der Waals surface area contributed by atoms with Crippen LogP contribution in [0.25, 0.3) is 0 Å². The number of carbonyl (C=O) groups is 1. The number of thiophene rings is 1. The standard InChI is InChI=1S/C10H13Cl2NOS/c11-2-4-13(5-3-12)10(14)7-9-1-6-15-8-9/h1,6,8H,2-5,7H2. The average Bonchev–Trinajstić information content (AvgIpc) is 2.70. The second kappa shape index (κ2) is 7.09. The molecule has 1 rings (SSSR count). The smallest absolute Gasteiger partial charge is 0.227 e. The Kier molecular flexibility index (Phi) is 6.06. The molecule has 0 aliphatic rings. The number of amides is 1. The Morgan fingerprint density at radius 3 is 2.47 bits per heavy atom. The van der Waals surface area contributed by atoms with Gasteiger partial charge in [-0.3, -0.25) is 4.79 Å². The van der Waals surface area contributed by atoms with Gasteiger partial charge in [0.2, 0.25) is 5.91 Å². The van der Waals surface area contributed by atoms with Crippen LogP contribution >= 0.6 is 34.5 Å². The third kappa shape index (κ3) is 4.41. The summed E-state index contributed by atoms with van der Waals surface area (Å²) in [5.41, 5.74) is 1.05. The third-order valence-electron chi connectivity index (χ3n) is 2.00. The number of alkyl halides is 2. The van der Waals surface area contributed by atoms with E-state index in [2.05, 4.69) is 0 Å². The minimum absolute atomic E-state index is 0.0923. The van der Waals surface area contributed by atoms with Crippen LogP contribution in [0.4, 0.5) is 0 Å². The van der Waals surface area contributed by atoms with Crippen molar-refractivity contribution in [3.63, 3.8) is 0 Å². The van der Waals surface area contributed by atoms with Crippen molar-refractivity contribution in [1.82, 2.24) is 4.90 Å². The van der Waals surface area contributed by atoms with Crippen LogP contribution in [-0.2, 0) is 11.2 Å². The molecule has 15 heavy (non-hydrogen) atoms. The van der Waals surface area contributed by atoms with E-state index in [1.807, 2.05) is 16.8 Å². The molecule has 0 bridgehead atoms. The Bertz CT molecular complexity index is 284. The van der Waals surface area contributed by atoms with Crippen molar-refractivity contribution in [2.24, 2.45) is 0 Å². The number of hydrogen-bond donors (Lipinski definition) is 0. The molecule has 0 unspecified atom stereocenters. The summed E-state index contributed by atoms with van der Waals surface area (Å²) in [5, 5.41) is 3.95. The van der Waals surface area contributed by atoms with Gasteiger partial charge in [0.05, 0.1) is 6.42 Å². The second-order valence-corrected chi connectivity index (χ2v) is 4.60. The van der Waals surface area contributed by atoms with Crippen molar-refractivity contribution < 1.29 is 4.79 Å². The fourth-order valence-corrected chi connectivity index (χ4v) is 2.32. The first kappa shape index (κ1) is 12.8. The molecule has 0 aromatic carbocycles. The van der Waals surface area contributed by atoms with Crippen molar-refractivity contribution in [3.05, 3.63) is 22.4 Å². The highest BCUT2D eigenvalue weighted by atomic mass is 35.5. The van der Waals surface area contributed by atoms with Gasteiger partial charge in [0, 0.05) is 24.8 Å². The molecule has 0 atom stereocenters.